The number of hydrogen-bond acceptors (Lipinski definition) is 3. The van der Waals surface area contributed by atoms with Crippen molar-refractivity contribution in [2.45, 2.75) is 39.2 Å². The fourth-order valence-electron chi connectivity index (χ4n) is 1.51. The van der Waals surface area contributed by atoms with E-state index >= 15 is 0 Å². The van der Waals surface area contributed by atoms with Gasteiger partial charge >= 0.3 is 12.0 Å². The van der Waals surface area contributed by atoms with Gasteiger partial charge in [0, 0.05) is 20.2 Å². The quantitative estimate of drug-likeness (QED) is 0.655. The molecule has 0 rings (SSSR count). The average molecular weight is 260 g/mol. The highest BCUT2D eigenvalue weighted by atomic mass is 16.5. The minimum Gasteiger partial charge on any atom is -0.480 e. The fourth-order valence-corrected chi connectivity index (χ4v) is 1.51. The number of rotatable bonds is 9. The molecule has 0 aromatic rings. The van der Waals surface area contributed by atoms with Gasteiger partial charge in [0.15, 0.2) is 0 Å². The molecule has 0 aliphatic heterocycles. The molecule has 18 heavy (non-hydrogen) atoms. The van der Waals surface area contributed by atoms with Crippen LogP contribution in [0, 0.1) is 0 Å². The SMILES string of the molecule is CCCCC(NC(=O)N(CC)CCOC)C(=O)O. The highest BCUT2D eigenvalue weighted by molar-refractivity contribution is 5.82. The highest BCUT2D eigenvalue weighted by Crippen LogP contribution is 2.02. The monoisotopic (exact) mass is 260 g/mol. The van der Waals surface area contributed by atoms with Gasteiger partial charge in [0.05, 0.1) is 6.61 Å². The van der Waals surface area contributed by atoms with E-state index in [4.69, 9.17) is 9.84 Å². The van der Waals surface area contributed by atoms with E-state index in [0.717, 1.165) is 12.8 Å². The van der Waals surface area contributed by atoms with Crippen LogP contribution in [-0.4, -0.2) is 54.9 Å². The molecule has 6 nitrogen and oxygen atoms in total. The molecule has 2 N–H and O–H groups in total. The van der Waals surface area contributed by atoms with Crippen LogP contribution >= 0.6 is 0 Å². The van der Waals surface area contributed by atoms with Gasteiger partial charge in [-0.15, -0.1) is 0 Å². The number of methoxy groups -OCH3 is 1. The summed E-state index contributed by atoms with van der Waals surface area (Å²) in [5.41, 5.74) is 0. The zero-order chi connectivity index (χ0) is 14.0. The van der Waals surface area contributed by atoms with Crippen molar-refractivity contribution in [2.24, 2.45) is 0 Å². The van der Waals surface area contributed by atoms with E-state index in [-0.39, 0.29) is 6.03 Å². The van der Waals surface area contributed by atoms with Crippen molar-refractivity contribution in [1.82, 2.24) is 10.2 Å². The maximum absolute atomic E-state index is 11.9. The first-order valence-corrected chi connectivity index (χ1v) is 6.33. The lowest BCUT2D eigenvalue weighted by Gasteiger charge is -2.23. The Kier molecular flexibility index (Phi) is 9.00. The summed E-state index contributed by atoms with van der Waals surface area (Å²) in [5, 5.41) is 11.6. The summed E-state index contributed by atoms with van der Waals surface area (Å²) in [7, 11) is 1.56. The van der Waals surface area contributed by atoms with Crippen molar-refractivity contribution in [1.29, 1.82) is 0 Å². The second-order valence-corrected chi connectivity index (χ2v) is 4.06. The Morgan fingerprint density at radius 1 is 1.39 bits per heavy atom. The number of nitrogens with zero attached hydrogens (tertiary/aromatic N) is 1. The first-order valence-electron chi connectivity index (χ1n) is 6.33. The molecule has 0 aliphatic rings. The summed E-state index contributed by atoms with van der Waals surface area (Å²) in [6.45, 7) is 5.25. The van der Waals surface area contributed by atoms with E-state index in [1.807, 2.05) is 13.8 Å². The standard InChI is InChI=1S/C12H24N2O4/c1-4-6-7-10(11(15)16)13-12(17)14(5-2)8-9-18-3/h10H,4-9H2,1-3H3,(H,13,17)(H,15,16). The minimum atomic E-state index is -0.986. The van der Waals surface area contributed by atoms with Crippen LogP contribution in [0.4, 0.5) is 4.79 Å². The summed E-state index contributed by atoms with van der Waals surface area (Å²) >= 11 is 0. The molecule has 0 bridgehead atoms. The number of carbonyl (C=O) groups is 2. The Bertz CT molecular complexity index is 258. The van der Waals surface area contributed by atoms with Crippen molar-refractivity contribution in [3.05, 3.63) is 0 Å². The molecule has 0 saturated heterocycles. The van der Waals surface area contributed by atoms with Crippen LogP contribution in [0.25, 0.3) is 0 Å². The topological polar surface area (TPSA) is 78.9 Å². The van der Waals surface area contributed by atoms with E-state index in [0.29, 0.717) is 26.1 Å². The van der Waals surface area contributed by atoms with Gasteiger partial charge in [-0.3, -0.25) is 0 Å². The van der Waals surface area contributed by atoms with Gasteiger partial charge in [0.25, 0.3) is 0 Å². The van der Waals surface area contributed by atoms with Crippen LogP contribution in [0.5, 0.6) is 0 Å². The number of amides is 2. The summed E-state index contributed by atoms with van der Waals surface area (Å²) < 4.78 is 4.90. The molecule has 106 valence electrons. The Labute approximate surface area is 108 Å². The lowest BCUT2D eigenvalue weighted by Crippen LogP contribution is -2.48. The van der Waals surface area contributed by atoms with Gasteiger partial charge in [-0.1, -0.05) is 19.8 Å². The van der Waals surface area contributed by atoms with Gasteiger partial charge in [0.1, 0.15) is 6.04 Å². The third-order valence-corrected chi connectivity index (χ3v) is 2.68. The predicted octanol–water partition coefficient (Wildman–Crippen LogP) is 1.31. The van der Waals surface area contributed by atoms with E-state index in [1.54, 1.807) is 7.11 Å². The van der Waals surface area contributed by atoms with Gasteiger partial charge in [-0.25, -0.2) is 9.59 Å². The van der Waals surface area contributed by atoms with Crippen LogP contribution in [-0.2, 0) is 9.53 Å². The number of aliphatic carboxylic acids is 1. The van der Waals surface area contributed by atoms with Crippen LogP contribution in [0.2, 0.25) is 0 Å². The minimum absolute atomic E-state index is 0.349. The van der Waals surface area contributed by atoms with Crippen molar-refractivity contribution < 1.29 is 19.4 Å². The van der Waals surface area contributed by atoms with Crippen molar-refractivity contribution in [2.75, 3.05) is 26.8 Å². The molecule has 1 unspecified atom stereocenters. The molecular formula is C12H24N2O4. The number of likely N-dealkylation sites (N-methyl/N-ethyl adjacent to an activating group) is 1. The number of carboxylic acid groups (broad SMARTS) is 1. The number of unbranched alkanes of at least 4 members (excludes halogenated alkanes) is 1. The molecule has 0 radical (unpaired) electrons. The molecule has 1 atom stereocenters. The van der Waals surface area contributed by atoms with Crippen LogP contribution in [0.1, 0.15) is 33.1 Å². The summed E-state index contributed by atoms with van der Waals surface area (Å²) in [6.07, 6.45) is 2.14. The van der Waals surface area contributed by atoms with Crippen LogP contribution < -0.4 is 5.32 Å². The van der Waals surface area contributed by atoms with Gasteiger partial charge in [0.2, 0.25) is 0 Å². The van der Waals surface area contributed by atoms with Crippen molar-refractivity contribution in [3.8, 4) is 0 Å². The molecule has 0 aromatic carbocycles. The molecule has 2 amide bonds. The summed E-state index contributed by atoms with van der Waals surface area (Å²) in [4.78, 5) is 24.4. The van der Waals surface area contributed by atoms with Crippen molar-refractivity contribution >= 4 is 12.0 Å². The lowest BCUT2D eigenvalue weighted by atomic mass is 10.1. The van der Waals surface area contributed by atoms with Gasteiger partial charge < -0.3 is 20.1 Å². The molecular weight excluding hydrogens is 236 g/mol. The average Bonchev–Trinajstić information content (AvgIpc) is 2.34. The molecule has 6 heteroatoms. The Balaban J connectivity index is 4.32. The molecule has 0 aliphatic carbocycles. The fraction of sp³-hybridized carbons (Fsp3) is 0.833. The molecule has 0 aromatic heterocycles. The molecule has 0 heterocycles. The van der Waals surface area contributed by atoms with E-state index in [9.17, 15) is 9.59 Å². The van der Waals surface area contributed by atoms with E-state index < -0.39 is 12.0 Å². The number of urea groups is 1. The molecule has 0 saturated carbocycles. The smallest absolute Gasteiger partial charge is 0.326 e. The number of ether oxygens (including phenoxy) is 1. The second kappa shape index (κ2) is 9.70. The second-order valence-electron chi connectivity index (χ2n) is 4.06. The third kappa shape index (κ3) is 6.44. The number of carboxylic acids is 1. The Hall–Kier alpha value is -1.30. The maximum atomic E-state index is 11.9. The maximum Gasteiger partial charge on any atom is 0.326 e. The van der Waals surface area contributed by atoms with Crippen molar-refractivity contribution in [3.63, 3.8) is 0 Å². The largest absolute Gasteiger partial charge is 0.480 e. The zero-order valence-corrected chi connectivity index (χ0v) is 11.4. The predicted molar refractivity (Wildman–Crippen MR) is 68.6 cm³/mol. The summed E-state index contributed by atoms with van der Waals surface area (Å²) in [6, 6.07) is -1.16. The van der Waals surface area contributed by atoms with E-state index in [2.05, 4.69) is 5.32 Å². The lowest BCUT2D eigenvalue weighted by molar-refractivity contribution is -0.139. The normalized spacial score (nSPS) is 11.9. The molecule has 0 fully saturated rings. The first-order chi connectivity index (χ1) is 8.56. The number of carbonyl (C=O) groups excluding carboxylic acids is 1. The summed E-state index contributed by atoms with van der Waals surface area (Å²) in [5.74, 6) is -0.986. The Morgan fingerprint density at radius 3 is 2.50 bits per heavy atom. The zero-order valence-electron chi connectivity index (χ0n) is 11.4. The molecule has 0 spiro atoms. The highest BCUT2D eigenvalue weighted by Gasteiger charge is 2.21. The number of hydrogen-bond donors (Lipinski definition) is 2. The first kappa shape index (κ1) is 16.7. The van der Waals surface area contributed by atoms with E-state index in [1.165, 1.54) is 4.90 Å². The van der Waals surface area contributed by atoms with Gasteiger partial charge in [-0.05, 0) is 13.3 Å². The number of nitrogens with one attached hydrogen (secondary N) is 1. The Morgan fingerprint density at radius 2 is 2.06 bits per heavy atom. The van der Waals surface area contributed by atoms with Crippen LogP contribution in [0.3, 0.4) is 0 Å². The van der Waals surface area contributed by atoms with Gasteiger partial charge in [-0.2, -0.15) is 0 Å². The van der Waals surface area contributed by atoms with Crippen LogP contribution in [0.15, 0.2) is 0 Å². The third-order valence-electron chi connectivity index (χ3n) is 2.68.